The average molecular weight is 422 g/mol. The monoisotopic (exact) mass is 421 g/mol. The lowest BCUT2D eigenvalue weighted by molar-refractivity contribution is -0.116. The van der Waals surface area contributed by atoms with Crippen LogP contribution in [0, 0.1) is 0 Å². The topological polar surface area (TPSA) is 85.8 Å². The van der Waals surface area contributed by atoms with E-state index < -0.39 is 0 Å². The van der Waals surface area contributed by atoms with Gasteiger partial charge in [0.15, 0.2) is 0 Å². The summed E-state index contributed by atoms with van der Waals surface area (Å²) in [6, 6.07) is 10.4. The maximum absolute atomic E-state index is 12.7. The first kappa shape index (κ1) is 19.0. The van der Waals surface area contributed by atoms with Crippen molar-refractivity contribution in [2.75, 3.05) is 5.32 Å². The highest BCUT2D eigenvalue weighted by Gasteiger charge is 2.22. The molecule has 8 heteroatoms. The molecule has 0 atom stereocenters. The van der Waals surface area contributed by atoms with Gasteiger partial charge in [-0.3, -0.25) is 10.1 Å². The van der Waals surface area contributed by atoms with E-state index in [1.54, 1.807) is 11.3 Å². The fourth-order valence-electron chi connectivity index (χ4n) is 4.11. The molecule has 1 aromatic carbocycles. The number of carbonyl (C=O) groups is 1. The molecule has 1 saturated carbocycles. The summed E-state index contributed by atoms with van der Waals surface area (Å²) in [6.45, 7) is 0. The number of rotatable bonds is 6. The molecule has 3 aromatic heterocycles. The number of hydrogen-bond acceptors (Lipinski definition) is 6. The van der Waals surface area contributed by atoms with E-state index >= 15 is 0 Å². The second-order valence-corrected chi connectivity index (χ2v) is 8.44. The number of aromatic nitrogens is 4. The molecule has 1 aliphatic rings. The maximum Gasteiger partial charge on any atom is 0.227 e. The fraction of sp³-hybridized carbons (Fsp3) is 0.364. The Morgan fingerprint density at radius 3 is 2.87 bits per heavy atom. The van der Waals surface area contributed by atoms with Crippen LogP contribution in [0.4, 0.5) is 5.95 Å². The van der Waals surface area contributed by atoms with Crippen LogP contribution >= 0.6 is 11.3 Å². The van der Waals surface area contributed by atoms with Crippen LogP contribution in [0.5, 0.6) is 0 Å². The van der Waals surface area contributed by atoms with Gasteiger partial charge in [0.2, 0.25) is 23.6 Å². The van der Waals surface area contributed by atoms with E-state index in [9.17, 15) is 4.79 Å². The van der Waals surface area contributed by atoms with Gasteiger partial charge in [0, 0.05) is 29.8 Å². The number of anilines is 1. The van der Waals surface area contributed by atoms with Gasteiger partial charge in [-0.2, -0.15) is 16.3 Å². The third-order valence-corrected chi connectivity index (χ3v) is 6.28. The molecule has 0 spiro atoms. The average Bonchev–Trinajstić information content (AvgIpc) is 3.52. The maximum atomic E-state index is 12.7. The lowest BCUT2D eigenvalue weighted by atomic mass is 9.95. The van der Waals surface area contributed by atoms with Gasteiger partial charge in [0.05, 0.1) is 11.0 Å². The quantitative estimate of drug-likeness (QED) is 0.461. The highest BCUT2D eigenvalue weighted by Crippen LogP contribution is 2.34. The van der Waals surface area contributed by atoms with E-state index in [0.717, 1.165) is 29.4 Å². The molecular formula is C22H23N5O2S. The van der Waals surface area contributed by atoms with Gasteiger partial charge in [0.1, 0.15) is 0 Å². The van der Waals surface area contributed by atoms with Crippen LogP contribution in [0.3, 0.4) is 0 Å². The first-order valence-electron chi connectivity index (χ1n) is 10.4. The molecule has 5 rings (SSSR count). The number of amides is 1. The highest BCUT2D eigenvalue weighted by atomic mass is 32.1. The number of carbonyl (C=O) groups excluding carboxylic acids is 1. The third-order valence-electron chi connectivity index (χ3n) is 5.60. The van der Waals surface area contributed by atoms with Crippen molar-refractivity contribution in [3.8, 4) is 11.4 Å². The van der Waals surface area contributed by atoms with E-state index in [1.165, 1.54) is 19.3 Å². The number of nitrogens with zero attached hydrogens (tertiary/aromatic N) is 4. The Morgan fingerprint density at radius 1 is 1.17 bits per heavy atom. The van der Waals surface area contributed by atoms with Crippen molar-refractivity contribution in [3.63, 3.8) is 0 Å². The van der Waals surface area contributed by atoms with Crippen LogP contribution in [0.1, 0.15) is 50.5 Å². The van der Waals surface area contributed by atoms with E-state index in [4.69, 9.17) is 9.51 Å². The molecule has 0 saturated heterocycles. The standard InChI is InChI=1S/C22H23N5O2S/c28-19(10-11-20-25-21(26-29-20)15-12-13-30-14-15)24-22-23-17-8-4-5-9-18(17)27(22)16-6-2-1-3-7-16/h4-5,8-9,12-14,16H,1-3,6-7,10-11H2,(H,23,24,28). The minimum atomic E-state index is -0.0994. The molecule has 0 unspecified atom stereocenters. The van der Waals surface area contributed by atoms with Crippen LogP contribution in [0.2, 0.25) is 0 Å². The Hall–Kier alpha value is -3.00. The van der Waals surface area contributed by atoms with Crippen molar-refractivity contribution in [3.05, 3.63) is 47.0 Å². The van der Waals surface area contributed by atoms with Crippen molar-refractivity contribution < 1.29 is 9.32 Å². The lowest BCUT2D eigenvalue weighted by Crippen LogP contribution is -2.20. The normalized spacial score (nSPS) is 14.9. The number of nitrogens with one attached hydrogen (secondary N) is 1. The molecule has 7 nitrogen and oxygen atoms in total. The first-order chi connectivity index (χ1) is 14.8. The van der Waals surface area contributed by atoms with Gasteiger partial charge in [-0.05, 0) is 36.4 Å². The van der Waals surface area contributed by atoms with E-state index in [1.807, 2.05) is 35.0 Å². The number of para-hydroxylation sites is 2. The number of thiophene rings is 1. The van der Waals surface area contributed by atoms with Crippen molar-refractivity contribution >= 4 is 34.2 Å². The van der Waals surface area contributed by atoms with E-state index in [2.05, 4.69) is 26.1 Å². The predicted molar refractivity (Wildman–Crippen MR) is 116 cm³/mol. The summed E-state index contributed by atoms with van der Waals surface area (Å²) >= 11 is 1.58. The second-order valence-electron chi connectivity index (χ2n) is 7.66. The van der Waals surface area contributed by atoms with Crippen molar-refractivity contribution in [2.45, 2.75) is 51.0 Å². The highest BCUT2D eigenvalue weighted by molar-refractivity contribution is 7.08. The van der Waals surface area contributed by atoms with Crippen molar-refractivity contribution in [1.29, 1.82) is 0 Å². The van der Waals surface area contributed by atoms with Gasteiger partial charge < -0.3 is 9.09 Å². The van der Waals surface area contributed by atoms with Crippen molar-refractivity contribution in [1.82, 2.24) is 19.7 Å². The number of imidazole rings is 1. The van der Waals surface area contributed by atoms with Crippen molar-refractivity contribution in [2.24, 2.45) is 0 Å². The number of aryl methyl sites for hydroxylation is 1. The van der Waals surface area contributed by atoms with Gasteiger partial charge >= 0.3 is 0 Å². The Kier molecular flexibility index (Phi) is 5.31. The largest absolute Gasteiger partial charge is 0.339 e. The number of fused-ring (bicyclic) bond motifs is 1. The number of hydrogen-bond donors (Lipinski definition) is 1. The Labute approximate surface area is 178 Å². The predicted octanol–water partition coefficient (Wildman–Crippen LogP) is 5.22. The van der Waals surface area contributed by atoms with Crippen LogP contribution in [-0.4, -0.2) is 25.6 Å². The second kappa shape index (κ2) is 8.39. The molecule has 1 N–H and O–H groups in total. The first-order valence-corrected chi connectivity index (χ1v) is 11.3. The van der Waals surface area contributed by atoms with Gasteiger partial charge in [-0.25, -0.2) is 4.98 Å². The summed E-state index contributed by atoms with van der Waals surface area (Å²) in [5, 5.41) is 11.0. The van der Waals surface area contributed by atoms with Crippen LogP contribution in [-0.2, 0) is 11.2 Å². The Morgan fingerprint density at radius 2 is 2.03 bits per heavy atom. The smallest absolute Gasteiger partial charge is 0.227 e. The lowest BCUT2D eigenvalue weighted by Gasteiger charge is -2.25. The van der Waals surface area contributed by atoms with E-state index in [-0.39, 0.29) is 12.3 Å². The summed E-state index contributed by atoms with van der Waals surface area (Å²) in [6.07, 6.45) is 6.61. The third kappa shape index (κ3) is 3.87. The molecule has 4 aromatic rings. The zero-order valence-electron chi connectivity index (χ0n) is 16.6. The summed E-state index contributed by atoms with van der Waals surface area (Å²) < 4.78 is 7.51. The van der Waals surface area contributed by atoms with E-state index in [0.29, 0.717) is 30.1 Å². The molecule has 1 fully saturated rings. The van der Waals surface area contributed by atoms with Gasteiger partial charge in [-0.1, -0.05) is 36.6 Å². The minimum absolute atomic E-state index is 0.0994. The summed E-state index contributed by atoms with van der Waals surface area (Å²) in [5.41, 5.74) is 2.92. The van der Waals surface area contributed by atoms with Crippen LogP contribution in [0.25, 0.3) is 22.4 Å². The molecule has 1 amide bonds. The molecule has 3 heterocycles. The fourth-order valence-corrected chi connectivity index (χ4v) is 4.75. The number of benzene rings is 1. The van der Waals surface area contributed by atoms with Crippen LogP contribution in [0.15, 0.2) is 45.6 Å². The van der Waals surface area contributed by atoms with Crippen LogP contribution < -0.4 is 5.32 Å². The SMILES string of the molecule is O=C(CCc1nc(-c2ccsc2)no1)Nc1nc2ccccc2n1C1CCCCC1. The Balaban J connectivity index is 1.30. The molecule has 154 valence electrons. The molecule has 0 radical (unpaired) electrons. The molecule has 0 aliphatic heterocycles. The minimum Gasteiger partial charge on any atom is -0.339 e. The molecule has 1 aliphatic carbocycles. The Bertz CT molecular complexity index is 1140. The molecular weight excluding hydrogens is 398 g/mol. The summed E-state index contributed by atoms with van der Waals surface area (Å²) in [5.74, 6) is 1.56. The molecule has 30 heavy (non-hydrogen) atoms. The zero-order valence-corrected chi connectivity index (χ0v) is 17.4. The summed E-state index contributed by atoms with van der Waals surface area (Å²) in [4.78, 5) is 21.8. The molecule has 0 bridgehead atoms. The summed E-state index contributed by atoms with van der Waals surface area (Å²) in [7, 11) is 0. The zero-order chi connectivity index (χ0) is 20.3. The van der Waals surface area contributed by atoms with Gasteiger partial charge in [-0.15, -0.1) is 0 Å². The van der Waals surface area contributed by atoms with Gasteiger partial charge in [0.25, 0.3) is 0 Å².